The number of hydrogen-bond acceptors (Lipinski definition) is 4. The van der Waals surface area contributed by atoms with Crippen molar-refractivity contribution in [2.24, 2.45) is 0 Å². The number of pyridine rings is 1. The molecule has 0 amide bonds. The lowest BCUT2D eigenvalue weighted by atomic mass is 10.1. The number of nitrogens with zero attached hydrogens (tertiary/aromatic N) is 3. The topological polar surface area (TPSA) is 50.7 Å². The molecule has 2 rings (SSSR count). The van der Waals surface area contributed by atoms with Gasteiger partial charge in [0.1, 0.15) is 12.1 Å². The highest BCUT2D eigenvalue weighted by atomic mass is 15.0. The predicted octanol–water partition coefficient (Wildman–Crippen LogP) is 2.67. The molecule has 4 heteroatoms. The molecule has 0 aromatic carbocycles. The third-order valence-corrected chi connectivity index (χ3v) is 2.58. The van der Waals surface area contributed by atoms with Gasteiger partial charge in [-0.2, -0.15) is 0 Å². The van der Waals surface area contributed by atoms with Crippen molar-refractivity contribution in [2.75, 3.05) is 11.9 Å². The van der Waals surface area contributed by atoms with E-state index in [0.29, 0.717) is 0 Å². The van der Waals surface area contributed by atoms with Gasteiger partial charge in [-0.1, -0.05) is 6.92 Å². The molecule has 4 nitrogen and oxygen atoms in total. The van der Waals surface area contributed by atoms with Gasteiger partial charge >= 0.3 is 0 Å². The zero-order valence-corrected chi connectivity index (χ0v) is 10.1. The van der Waals surface area contributed by atoms with Crippen LogP contribution in [0.2, 0.25) is 0 Å². The van der Waals surface area contributed by atoms with Crippen LogP contribution in [0.1, 0.15) is 18.9 Å². The summed E-state index contributed by atoms with van der Waals surface area (Å²) in [6, 6.07) is 3.91. The highest BCUT2D eigenvalue weighted by Gasteiger charge is 2.07. The van der Waals surface area contributed by atoms with Gasteiger partial charge in [-0.25, -0.2) is 9.97 Å². The molecule has 0 spiro atoms. The average Bonchev–Trinajstić information content (AvgIpc) is 2.39. The Morgan fingerprint density at radius 1 is 1.18 bits per heavy atom. The quantitative estimate of drug-likeness (QED) is 0.874. The van der Waals surface area contributed by atoms with Crippen LogP contribution in [0, 0.1) is 6.92 Å². The fourth-order valence-corrected chi connectivity index (χ4v) is 1.67. The van der Waals surface area contributed by atoms with Gasteiger partial charge in [0.25, 0.3) is 0 Å². The van der Waals surface area contributed by atoms with Crippen LogP contribution >= 0.6 is 0 Å². The summed E-state index contributed by atoms with van der Waals surface area (Å²) in [4.78, 5) is 12.6. The highest BCUT2D eigenvalue weighted by Crippen LogP contribution is 2.23. The molecule has 0 atom stereocenters. The summed E-state index contributed by atoms with van der Waals surface area (Å²) < 4.78 is 0. The normalized spacial score (nSPS) is 10.2. The Morgan fingerprint density at radius 2 is 1.94 bits per heavy atom. The van der Waals surface area contributed by atoms with E-state index < -0.39 is 0 Å². The fraction of sp³-hybridized carbons (Fsp3) is 0.308. The molecular weight excluding hydrogens is 212 g/mol. The van der Waals surface area contributed by atoms with E-state index in [1.165, 1.54) is 0 Å². The van der Waals surface area contributed by atoms with Crippen molar-refractivity contribution in [3.8, 4) is 11.3 Å². The van der Waals surface area contributed by atoms with Crippen molar-refractivity contribution >= 4 is 5.82 Å². The first-order chi connectivity index (χ1) is 8.33. The summed E-state index contributed by atoms with van der Waals surface area (Å²) in [5, 5.41) is 3.31. The lowest BCUT2D eigenvalue weighted by molar-refractivity contribution is 0.960. The number of rotatable bonds is 4. The highest BCUT2D eigenvalue weighted by molar-refractivity contribution is 5.67. The molecule has 0 aliphatic carbocycles. The summed E-state index contributed by atoms with van der Waals surface area (Å²) in [5.41, 5.74) is 3.10. The molecule has 2 aromatic heterocycles. The van der Waals surface area contributed by atoms with Gasteiger partial charge in [0.05, 0.1) is 5.69 Å². The van der Waals surface area contributed by atoms with Crippen LogP contribution in [0.5, 0.6) is 0 Å². The van der Waals surface area contributed by atoms with Crippen molar-refractivity contribution < 1.29 is 0 Å². The van der Waals surface area contributed by atoms with E-state index in [-0.39, 0.29) is 0 Å². The SMILES string of the molecule is CCCNc1ncnc(-c2ccncc2)c1C. The van der Waals surface area contributed by atoms with E-state index in [1.807, 2.05) is 19.1 Å². The van der Waals surface area contributed by atoms with Gasteiger partial charge in [-0.3, -0.25) is 4.98 Å². The first-order valence-electron chi connectivity index (χ1n) is 5.78. The summed E-state index contributed by atoms with van der Waals surface area (Å²) in [6.45, 7) is 5.09. The second-order valence-corrected chi connectivity index (χ2v) is 3.86. The molecule has 2 aromatic rings. The van der Waals surface area contributed by atoms with E-state index in [0.717, 1.165) is 35.6 Å². The molecule has 2 heterocycles. The average molecular weight is 228 g/mol. The first-order valence-corrected chi connectivity index (χ1v) is 5.78. The lowest BCUT2D eigenvalue weighted by Gasteiger charge is -2.10. The van der Waals surface area contributed by atoms with Crippen LogP contribution in [-0.4, -0.2) is 21.5 Å². The van der Waals surface area contributed by atoms with Crippen molar-refractivity contribution in [3.63, 3.8) is 0 Å². The Hall–Kier alpha value is -1.97. The predicted molar refractivity (Wildman–Crippen MR) is 68.8 cm³/mol. The molecule has 0 bridgehead atoms. The summed E-state index contributed by atoms with van der Waals surface area (Å²) in [7, 11) is 0. The Morgan fingerprint density at radius 3 is 2.65 bits per heavy atom. The van der Waals surface area contributed by atoms with Gasteiger partial charge in [0, 0.05) is 30.1 Å². The van der Waals surface area contributed by atoms with Crippen molar-refractivity contribution in [1.29, 1.82) is 0 Å². The van der Waals surface area contributed by atoms with E-state index in [4.69, 9.17) is 0 Å². The smallest absolute Gasteiger partial charge is 0.132 e. The fourth-order valence-electron chi connectivity index (χ4n) is 1.67. The molecule has 0 fully saturated rings. The maximum absolute atomic E-state index is 4.34. The standard InChI is InChI=1S/C13H16N4/c1-3-6-15-13-10(2)12(16-9-17-13)11-4-7-14-8-5-11/h4-5,7-9H,3,6H2,1-2H3,(H,15,16,17). The second-order valence-electron chi connectivity index (χ2n) is 3.86. The molecule has 88 valence electrons. The molecule has 0 radical (unpaired) electrons. The monoisotopic (exact) mass is 228 g/mol. The Kier molecular flexibility index (Phi) is 3.65. The largest absolute Gasteiger partial charge is 0.370 e. The Bertz CT molecular complexity index is 482. The molecule has 0 aliphatic heterocycles. The number of anilines is 1. The first kappa shape index (κ1) is 11.5. The van der Waals surface area contributed by atoms with Crippen LogP contribution in [0.15, 0.2) is 30.9 Å². The van der Waals surface area contributed by atoms with E-state index in [1.54, 1.807) is 18.7 Å². The summed E-state index contributed by atoms with van der Waals surface area (Å²) in [5.74, 6) is 0.911. The van der Waals surface area contributed by atoms with Crippen molar-refractivity contribution in [3.05, 3.63) is 36.4 Å². The molecular formula is C13H16N4. The van der Waals surface area contributed by atoms with Crippen LogP contribution < -0.4 is 5.32 Å². The van der Waals surface area contributed by atoms with Gasteiger partial charge in [0.15, 0.2) is 0 Å². The number of hydrogen-bond donors (Lipinski definition) is 1. The summed E-state index contributed by atoms with van der Waals surface area (Å²) >= 11 is 0. The molecule has 1 N–H and O–H groups in total. The minimum absolute atomic E-state index is 0.911. The van der Waals surface area contributed by atoms with Gasteiger partial charge in [-0.15, -0.1) is 0 Å². The molecule has 0 unspecified atom stereocenters. The molecule has 0 saturated heterocycles. The van der Waals surface area contributed by atoms with Gasteiger partial charge < -0.3 is 5.32 Å². The number of nitrogens with one attached hydrogen (secondary N) is 1. The number of aromatic nitrogens is 3. The Balaban J connectivity index is 2.36. The van der Waals surface area contributed by atoms with Crippen LogP contribution in [0.3, 0.4) is 0 Å². The maximum Gasteiger partial charge on any atom is 0.132 e. The van der Waals surface area contributed by atoms with Crippen LogP contribution in [0.25, 0.3) is 11.3 Å². The molecule has 0 aliphatic rings. The van der Waals surface area contributed by atoms with E-state index >= 15 is 0 Å². The lowest BCUT2D eigenvalue weighted by Crippen LogP contribution is -2.05. The zero-order valence-electron chi connectivity index (χ0n) is 10.1. The third kappa shape index (κ3) is 2.58. The minimum Gasteiger partial charge on any atom is -0.370 e. The zero-order chi connectivity index (χ0) is 12.1. The minimum atomic E-state index is 0.911. The molecule has 17 heavy (non-hydrogen) atoms. The van der Waals surface area contributed by atoms with Gasteiger partial charge in [0.2, 0.25) is 0 Å². The van der Waals surface area contributed by atoms with Crippen LogP contribution in [0.4, 0.5) is 5.82 Å². The third-order valence-electron chi connectivity index (χ3n) is 2.58. The van der Waals surface area contributed by atoms with E-state index in [2.05, 4.69) is 27.2 Å². The molecule has 0 saturated carbocycles. The van der Waals surface area contributed by atoms with Crippen LogP contribution in [-0.2, 0) is 0 Å². The summed E-state index contributed by atoms with van der Waals surface area (Å²) in [6.07, 6.45) is 6.22. The van der Waals surface area contributed by atoms with Crippen molar-refractivity contribution in [1.82, 2.24) is 15.0 Å². The maximum atomic E-state index is 4.34. The van der Waals surface area contributed by atoms with Crippen molar-refractivity contribution in [2.45, 2.75) is 20.3 Å². The Labute approximate surface area is 101 Å². The second kappa shape index (κ2) is 5.39. The van der Waals surface area contributed by atoms with Gasteiger partial charge in [-0.05, 0) is 25.5 Å². The van der Waals surface area contributed by atoms with E-state index in [9.17, 15) is 0 Å².